The van der Waals surface area contributed by atoms with Crippen molar-refractivity contribution in [1.82, 2.24) is 9.80 Å². The molecule has 0 saturated heterocycles. The number of aromatic nitrogens is 1. The lowest BCUT2D eigenvalue weighted by Crippen LogP contribution is -2.35. The molecule has 16 heteroatoms. The smallest absolute Gasteiger partial charge is 0.327 e. The minimum absolute atomic E-state index is 0.148. The third-order valence-corrected chi connectivity index (χ3v) is 13.0. The number of fused-ring (bicyclic) bond motifs is 2. The molecule has 0 spiro atoms. The van der Waals surface area contributed by atoms with Crippen LogP contribution in [0.5, 0.6) is 0 Å². The molecule has 5 heterocycles. The van der Waals surface area contributed by atoms with Crippen LogP contribution in [0.15, 0.2) is 98.4 Å². The van der Waals surface area contributed by atoms with E-state index in [2.05, 4.69) is 44.7 Å². The third kappa shape index (κ3) is 11.7. The van der Waals surface area contributed by atoms with E-state index in [0.717, 1.165) is 64.7 Å². The van der Waals surface area contributed by atoms with Crippen LogP contribution in [0.3, 0.4) is 0 Å². The Bertz CT molecular complexity index is 2200. The first-order valence-electron chi connectivity index (χ1n) is 19.5. The molecule has 0 atom stereocenters. The number of aliphatic imine (C=N–C) groups is 2. The number of pyridine rings is 1. The highest BCUT2D eigenvalue weighted by atomic mass is 35.5. The topological polar surface area (TPSA) is 181 Å². The van der Waals surface area contributed by atoms with Crippen molar-refractivity contribution in [2.45, 2.75) is 91.0 Å². The zero-order chi connectivity index (χ0) is 41.6. The Hall–Kier alpha value is -3.73. The number of aryl methyl sites for hydroxylation is 1. The van der Waals surface area contributed by atoms with E-state index < -0.39 is 37.0 Å². The first-order valence-corrected chi connectivity index (χ1v) is 23.1. The molecule has 4 aliphatic rings. The molecule has 0 fully saturated rings. The monoisotopic (exact) mass is 844 g/mol. The van der Waals surface area contributed by atoms with Gasteiger partial charge in [0.2, 0.25) is 0 Å². The van der Waals surface area contributed by atoms with Crippen molar-refractivity contribution in [2.24, 2.45) is 15.4 Å². The predicted octanol–water partition coefficient (Wildman–Crippen LogP) is 6.69. The number of rotatable bonds is 19. The van der Waals surface area contributed by atoms with Crippen molar-refractivity contribution < 1.29 is 40.4 Å². The normalized spacial score (nSPS) is 20.7. The van der Waals surface area contributed by atoms with Gasteiger partial charge in [0, 0.05) is 48.3 Å². The first-order chi connectivity index (χ1) is 26.8. The van der Waals surface area contributed by atoms with Crippen LogP contribution in [0.2, 0.25) is 0 Å². The van der Waals surface area contributed by atoms with Gasteiger partial charge >= 0.3 is 11.8 Å². The fourth-order valence-corrected chi connectivity index (χ4v) is 8.90. The summed E-state index contributed by atoms with van der Waals surface area (Å²) in [5.41, 5.74) is 4.89. The van der Waals surface area contributed by atoms with E-state index in [1.54, 1.807) is 0 Å². The second-order valence-corrected chi connectivity index (χ2v) is 19.6. The Labute approximate surface area is 342 Å². The molecule has 0 aromatic carbocycles. The molecule has 3 N–H and O–H groups in total. The number of carboxylic acids is 1. The van der Waals surface area contributed by atoms with Crippen LogP contribution >= 0.6 is 11.6 Å². The maximum absolute atomic E-state index is 11.2. The Morgan fingerprint density at radius 3 is 2.30 bits per heavy atom. The van der Waals surface area contributed by atoms with Gasteiger partial charge in [-0.3, -0.25) is 18.8 Å². The lowest BCUT2D eigenvalue weighted by molar-refractivity contribution is -0.684. The highest BCUT2D eigenvalue weighted by molar-refractivity contribution is 7.86. The van der Waals surface area contributed by atoms with Gasteiger partial charge in [-0.25, -0.2) is 9.56 Å². The fourth-order valence-electron chi connectivity index (χ4n) is 7.52. The largest absolute Gasteiger partial charge is 0.481 e. The van der Waals surface area contributed by atoms with E-state index in [-0.39, 0.29) is 17.9 Å². The lowest BCUT2D eigenvalue weighted by atomic mass is 9.81. The van der Waals surface area contributed by atoms with Gasteiger partial charge in [-0.15, -0.1) is 0 Å². The zero-order valence-electron chi connectivity index (χ0n) is 33.2. The standard InChI is InChI=1S/C41H54ClN5O8S2/c1-40(2)32-14-12-24-46(22-8-10-26-56(50,51)52)38(32)43-34(40)19-17-30-28-45(21-7-5-6-16-36(48)49)29-31(37(30)42)18-20-35-41(3,4)33-15-13-25-47(39(33)44-35)23-9-11-27-57(53,54)55/h12-15,17-20,24-25H,5-11,16,21-23,26-29H2,1-4H3,(H2-,48,49,50,51,52,53,54,55)/p+1. The van der Waals surface area contributed by atoms with Crippen molar-refractivity contribution >= 4 is 55.2 Å². The summed E-state index contributed by atoms with van der Waals surface area (Å²) < 4.78 is 65.1. The second kappa shape index (κ2) is 18.5. The van der Waals surface area contributed by atoms with Gasteiger partial charge in [0.15, 0.2) is 5.71 Å². The van der Waals surface area contributed by atoms with Gasteiger partial charge in [0.1, 0.15) is 5.84 Å². The van der Waals surface area contributed by atoms with Gasteiger partial charge in [0.05, 0.1) is 40.9 Å². The van der Waals surface area contributed by atoms with Crippen LogP contribution in [0, 0.1) is 5.41 Å². The maximum Gasteiger partial charge on any atom is 0.327 e. The molecule has 4 aliphatic heterocycles. The van der Waals surface area contributed by atoms with Crippen LogP contribution < -0.4 is 4.57 Å². The molecule has 310 valence electrons. The van der Waals surface area contributed by atoms with Crippen LogP contribution in [-0.2, 0) is 37.0 Å². The number of aliphatic carboxylic acids is 1. The quantitative estimate of drug-likeness (QED) is 0.0772. The number of carbonyl (C=O) groups is 1. The van der Waals surface area contributed by atoms with E-state index >= 15 is 0 Å². The highest BCUT2D eigenvalue weighted by Gasteiger charge is 2.42. The van der Waals surface area contributed by atoms with E-state index in [9.17, 15) is 21.6 Å². The lowest BCUT2D eigenvalue weighted by Gasteiger charge is -2.30. The summed E-state index contributed by atoms with van der Waals surface area (Å²) in [7, 11) is -8.02. The molecule has 0 amide bonds. The number of unbranched alkanes of at least 4 members (excludes halogenated alkanes) is 4. The Morgan fingerprint density at radius 2 is 1.60 bits per heavy atom. The van der Waals surface area contributed by atoms with Crippen molar-refractivity contribution in [3.05, 3.63) is 94.0 Å². The number of nitrogens with zero attached hydrogens (tertiary/aromatic N) is 5. The molecular weight excluding hydrogens is 790 g/mol. The zero-order valence-corrected chi connectivity index (χ0v) is 35.6. The van der Waals surface area contributed by atoms with E-state index in [0.29, 0.717) is 63.3 Å². The highest BCUT2D eigenvalue weighted by Crippen LogP contribution is 2.44. The summed E-state index contributed by atoms with van der Waals surface area (Å²) in [5, 5.41) is 9.75. The van der Waals surface area contributed by atoms with Crippen molar-refractivity contribution in [3.63, 3.8) is 0 Å². The van der Waals surface area contributed by atoms with E-state index in [1.165, 1.54) is 0 Å². The van der Waals surface area contributed by atoms with Crippen molar-refractivity contribution in [1.29, 1.82) is 0 Å². The Morgan fingerprint density at radius 1 is 0.895 bits per heavy atom. The third-order valence-electron chi connectivity index (χ3n) is 10.9. The number of hydrogen-bond acceptors (Lipinski definition) is 9. The number of amidine groups is 1. The molecule has 0 aliphatic carbocycles. The molecule has 0 radical (unpaired) electrons. The van der Waals surface area contributed by atoms with Crippen LogP contribution in [0.4, 0.5) is 5.82 Å². The average Bonchev–Trinajstić information content (AvgIpc) is 3.54. The summed E-state index contributed by atoms with van der Waals surface area (Å²) in [6, 6.07) is 4.02. The Balaban J connectivity index is 1.40. The molecular formula is C41H55ClN5O8S2+. The van der Waals surface area contributed by atoms with Gasteiger partial charge in [-0.05, 0) is 105 Å². The van der Waals surface area contributed by atoms with E-state index in [4.69, 9.17) is 35.8 Å². The van der Waals surface area contributed by atoms with Gasteiger partial charge < -0.3 is 10.0 Å². The minimum Gasteiger partial charge on any atom is -0.481 e. The van der Waals surface area contributed by atoms with Gasteiger partial charge in [-0.2, -0.15) is 16.8 Å². The summed E-state index contributed by atoms with van der Waals surface area (Å²) in [5.74, 6) is 0.282. The minimum atomic E-state index is -4.01. The Kier molecular flexibility index (Phi) is 14.4. The fraction of sp³-hybridized carbons (Fsp3) is 0.512. The SMILES string of the molecule is CC1(C)C2=CC=CN(CCCCS(=O)(=O)O)C2=N/C1=C/C=C1\CN(CCCCCC(=O)O)CC(/C=C/C2=Nc3c(ccc[n+]3CCCCS(=O)(=O)O)C2(C)C)=C1Cl. The molecule has 1 aromatic heterocycles. The number of carboxylic acid groups (broad SMARTS) is 1. The summed E-state index contributed by atoms with van der Waals surface area (Å²) >= 11 is 7.22. The number of allylic oxidation sites excluding steroid dienone is 6. The first kappa shape index (κ1) is 44.4. The van der Waals surface area contributed by atoms with Crippen molar-refractivity contribution in [2.75, 3.05) is 37.7 Å². The van der Waals surface area contributed by atoms with Crippen LogP contribution in [0.1, 0.15) is 84.6 Å². The number of hydrogen-bond donors (Lipinski definition) is 3. The molecule has 0 unspecified atom stereocenters. The molecule has 13 nitrogen and oxygen atoms in total. The number of halogens is 1. The molecule has 0 bridgehead atoms. The van der Waals surface area contributed by atoms with Gasteiger partial charge in [0.25, 0.3) is 20.2 Å². The summed E-state index contributed by atoms with van der Waals surface area (Å²) in [4.78, 5) is 25.5. The van der Waals surface area contributed by atoms with E-state index in [1.807, 2.05) is 58.3 Å². The van der Waals surface area contributed by atoms with Crippen LogP contribution in [0.25, 0.3) is 0 Å². The molecule has 57 heavy (non-hydrogen) atoms. The van der Waals surface area contributed by atoms with Gasteiger partial charge in [-0.1, -0.05) is 50.1 Å². The molecule has 1 aromatic rings. The average molecular weight is 846 g/mol. The summed E-state index contributed by atoms with van der Waals surface area (Å²) in [6.45, 7) is 11.6. The predicted molar refractivity (Wildman–Crippen MR) is 224 cm³/mol. The molecule has 5 rings (SSSR count). The molecule has 0 saturated carbocycles. The second-order valence-electron chi connectivity index (χ2n) is 16.1. The maximum atomic E-state index is 11.2. The van der Waals surface area contributed by atoms with Crippen LogP contribution in [-0.4, -0.2) is 96.0 Å². The summed E-state index contributed by atoms with van der Waals surface area (Å²) in [6.07, 6.45) is 20.2. The van der Waals surface area contributed by atoms with Crippen molar-refractivity contribution in [3.8, 4) is 0 Å².